The number of aryl methyl sites for hydroxylation is 1. The lowest BCUT2D eigenvalue weighted by atomic mass is 9.99. The molecule has 0 bridgehead atoms. The van der Waals surface area contributed by atoms with E-state index >= 15 is 0 Å². The highest BCUT2D eigenvalue weighted by Gasteiger charge is 2.21. The van der Waals surface area contributed by atoms with E-state index in [4.69, 9.17) is 16.3 Å². The molecule has 1 aromatic rings. The Kier molecular flexibility index (Phi) is 3.76. The Morgan fingerprint density at radius 1 is 1.26 bits per heavy atom. The van der Waals surface area contributed by atoms with E-state index in [1.807, 2.05) is 12.1 Å². The first-order chi connectivity index (χ1) is 9.24. The SMILES string of the molecule is O=C1CCc2ccc(Cl)c(COC3CCCC3)c2N1. The summed E-state index contributed by atoms with van der Waals surface area (Å²) in [4.78, 5) is 11.6. The Morgan fingerprint density at radius 2 is 2.05 bits per heavy atom. The first-order valence-electron chi connectivity index (χ1n) is 6.96. The lowest BCUT2D eigenvalue weighted by Crippen LogP contribution is -2.21. The normalized spacial score (nSPS) is 19.3. The number of anilines is 1. The van der Waals surface area contributed by atoms with Crippen LogP contribution in [0.5, 0.6) is 0 Å². The van der Waals surface area contributed by atoms with Crippen LogP contribution in [0.4, 0.5) is 5.69 Å². The van der Waals surface area contributed by atoms with E-state index in [1.54, 1.807) is 0 Å². The average molecular weight is 280 g/mol. The average Bonchev–Trinajstić information content (AvgIpc) is 2.91. The Balaban J connectivity index is 1.80. The number of ether oxygens (including phenoxy) is 1. The van der Waals surface area contributed by atoms with Crippen LogP contribution in [0.3, 0.4) is 0 Å². The van der Waals surface area contributed by atoms with Gasteiger partial charge < -0.3 is 10.1 Å². The van der Waals surface area contributed by atoms with Crippen molar-refractivity contribution < 1.29 is 9.53 Å². The molecule has 1 aliphatic carbocycles. The number of carbonyl (C=O) groups is 1. The summed E-state index contributed by atoms with van der Waals surface area (Å²) in [5, 5.41) is 3.62. The van der Waals surface area contributed by atoms with Crippen molar-refractivity contribution in [3.05, 3.63) is 28.3 Å². The summed E-state index contributed by atoms with van der Waals surface area (Å²) >= 11 is 6.26. The number of carbonyl (C=O) groups excluding carboxylic acids is 1. The maximum atomic E-state index is 11.6. The molecule has 3 nitrogen and oxygen atoms in total. The molecule has 0 radical (unpaired) electrons. The molecular weight excluding hydrogens is 262 g/mol. The van der Waals surface area contributed by atoms with Crippen molar-refractivity contribution in [2.75, 3.05) is 5.32 Å². The van der Waals surface area contributed by atoms with Gasteiger partial charge in [-0.05, 0) is 30.9 Å². The van der Waals surface area contributed by atoms with Crippen LogP contribution in [0.15, 0.2) is 12.1 Å². The van der Waals surface area contributed by atoms with Gasteiger partial charge in [-0.25, -0.2) is 0 Å². The van der Waals surface area contributed by atoms with Crippen LogP contribution in [0, 0.1) is 0 Å². The van der Waals surface area contributed by atoms with Gasteiger partial charge in [-0.1, -0.05) is 30.5 Å². The van der Waals surface area contributed by atoms with Gasteiger partial charge in [0.15, 0.2) is 0 Å². The van der Waals surface area contributed by atoms with Crippen LogP contribution in [0.25, 0.3) is 0 Å². The number of halogens is 1. The van der Waals surface area contributed by atoms with Crippen molar-refractivity contribution in [1.29, 1.82) is 0 Å². The van der Waals surface area contributed by atoms with Gasteiger partial charge in [0.1, 0.15) is 0 Å². The smallest absolute Gasteiger partial charge is 0.224 e. The van der Waals surface area contributed by atoms with Crippen LogP contribution in [-0.2, 0) is 22.6 Å². The van der Waals surface area contributed by atoms with Gasteiger partial charge in [-0.2, -0.15) is 0 Å². The summed E-state index contributed by atoms with van der Waals surface area (Å²) < 4.78 is 5.94. The molecule has 1 aromatic carbocycles. The third-order valence-corrected chi connectivity index (χ3v) is 4.35. The zero-order valence-electron chi connectivity index (χ0n) is 10.9. The second kappa shape index (κ2) is 5.51. The summed E-state index contributed by atoms with van der Waals surface area (Å²) in [6.07, 6.45) is 6.47. The van der Waals surface area contributed by atoms with Crippen LogP contribution >= 0.6 is 11.6 Å². The van der Waals surface area contributed by atoms with Crippen molar-refractivity contribution in [3.63, 3.8) is 0 Å². The first-order valence-corrected chi connectivity index (χ1v) is 7.33. The highest BCUT2D eigenvalue weighted by Crippen LogP contribution is 2.33. The molecule has 0 aromatic heterocycles. The molecule has 1 N–H and O–H groups in total. The van der Waals surface area contributed by atoms with Gasteiger partial charge in [0, 0.05) is 17.0 Å². The van der Waals surface area contributed by atoms with Crippen molar-refractivity contribution >= 4 is 23.2 Å². The quantitative estimate of drug-likeness (QED) is 0.916. The molecule has 0 unspecified atom stereocenters. The van der Waals surface area contributed by atoms with E-state index in [0.29, 0.717) is 24.2 Å². The molecule has 102 valence electrons. The second-order valence-electron chi connectivity index (χ2n) is 5.33. The fourth-order valence-corrected chi connectivity index (χ4v) is 3.09. The van der Waals surface area contributed by atoms with E-state index in [-0.39, 0.29) is 5.91 Å². The first kappa shape index (κ1) is 12.9. The number of hydrogen-bond donors (Lipinski definition) is 1. The third-order valence-electron chi connectivity index (χ3n) is 3.99. The highest BCUT2D eigenvalue weighted by atomic mass is 35.5. The number of rotatable bonds is 3. The molecule has 19 heavy (non-hydrogen) atoms. The molecule has 1 aliphatic heterocycles. The molecule has 0 saturated heterocycles. The lowest BCUT2D eigenvalue weighted by Gasteiger charge is -2.22. The summed E-state index contributed by atoms with van der Waals surface area (Å²) in [6, 6.07) is 3.90. The van der Waals surface area contributed by atoms with Crippen molar-refractivity contribution in [1.82, 2.24) is 0 Å². The van der Waals surface area contributed by atoms with Crippen LogP contribution in [0.2, 0.25) is 5.02 Å². The summed E-state index contributed by atoms with van der Waals surface area (Å²) in [5.41, 5.74) is 2.97. The van der Waals surface area contributed by atoms with E-state index in [1.165, 1.54) is 12.8 Å². The number of benzene rings is 1. The number of nitrogens with one attached hydrogen (secondary N) is 1. The van der Waals surface area contributed by atoms with Crippen molar-refractivity contribution in [2.45, 2.75) is 51.2 Å². The van der Waals surface area contributed by atoms with E-state index < -0.39 is 0 Å². The zero-order chi connectivity index (χ0) is 13.2. The monoisotopic (exact) mass is 279 g/mol. The predicted molar refractivity (Wildman–Crippen MR) is 75.4 cm³/mol. The maximum absolute atomic E-state index is 11.6. The van der Waals surface area contributed by atoms with Crippen LogP contribution in [-0.4, -0.2) is 12.0 Å². The van der Waals surface area contributed by atoms with Crippen molar-refractivity contribution in [3.8, 4) is 0 Å². The molecule has 0 spiro atoms. The lowest BCUT2D eigenvalue weighted by molar-refractivity contribution is -0.116. The van der Waals surface area contributed by atoms with Gasteiger partial charge in [0.25, 0.3) is 0 Å². The van der Waals surface area contributed by atoms with E-state index in [2.05, 4.69) is 5.32 Å². The number of amides is 1. The predicted octanol–water partition coefficient (Wildman–Crippen LogP) is 3.68. The highest BCUT2D eigenvalue weighted by molar-refractivity contribution is 6.32. The van der Waals surface area contributed by atoms with Gasteiger partial charge >= 0.3 is 0 Å². The molecular formula is C15H18ClNO2. The van der Waals surface area contributed by atoms with Crippen molar-refractivity contribution in [2.24, 2.45) is 0 Å². The van der Waals surface area contributed by atoms with Crippen LogP contribution < -0.4 is 5.32 Å². The molecule has 1 fully saturated rings. The van der Waals surface area contributed by atoms with Gasteiger partial charge in [0.05, 0.1) is 18.4 Å². The van der Waals surface area contributed by atoms with Crippen LogP contribution in [0.1, 0.15) is 43.2 Å². The molecule has 1 amide bonds. The van der Waals surface area contributed by atoms with E-state index in [9.17, 15) is 4.79 Å². The molecule has 1 saturated carbocycles. The molecule has 4 heteroatoms. The van der Waals surface area contributed by atoms with Gasteiger partial charge in [-0.15, -0.1) is 0 Å². The Bertz CT molecular complexity index is 495. The largest absolute Gasteiger partial charge is 0.373 e. The summed E-state index contributed by atoms with van der Waals surface area (Å²) in [5.74, 6) is 0.0666. The second-order valence-corrected chi connectivity index (χ2v) is 5.73. The Hall–Kier alpha value is -1.06. The fraction of sp³-hybridized carbons (Fsp3) is 0.533. The standard InChI is InChI=1S/C15H18ClNO2/c16-13-7-5-10-6-8-14(18)17-15(10)12(13)9-19-11-3-1-2-4-11/h5,7,11H,1-4,6,8-9H2,(H,17,18). The molecule has 0 atom stereocenters. The minimum absolute atomic E-state index is 0.0666. The minimum Gasteiger partial charge on any atom is -0.373 e. The Labute approximate surface area is 118 Å². The zero-order valence-corrected chi connectivity index (χ0v) is 11.6. The molecule has 3 rings (SSSR count). The third kappa shape index (κ3) is 2.77. The molecule has 2 aliphatic rings. The van der Waals surface area contributed by atoms with Gasteiger partial charge in [0.2, 0.25) is 5.91 Å². The topological polar surface area (TPSA) is 38.3 Å². The fourth-order valence-electron chi connectivity index (χ4n) is 2.88. The maximum Gasteiger partial charge on any atom is 0.224 e. The van der Waals surface area contributed by atoms with E-state index in [0.717, 1.165) is 36.1 Å². The summed E-state index contributed by atoms with van der Waals surface area (Å²) in [6.45, 7) is 0.493. The minimum atomic E-state index is 0.0666. The number of fused-ring (bicyclic) bond motifs is 1. The van der Waals surface area contributed by atoms with Gasteiger partial charge in [-0.3, -0.25) is 4.79 Å². The summed E-state index contributed by atoms with van der Waals surface area (Å²) in [7, 11) is 0. The molecule has 1 heterocycles. The Morgan fingerprint density at radius 3 is 2.84 bits per heavy atom. The number of hydrogen-bond acceptors (Lipinski definition) is 2.